The first-order chi connectivity index (χ1) is 23.1. The second-order valence-corrected chi connectivity index (χ2v) is 14.8. The Kier molecular flexibility index (Phi) is 7.68. The molecule has 1 heterocycles. The third-order valence-electron chi connectivity index (χ3n) is 9.32. The fourth-order valence-corrected chi connectivity index (χ4v) is 9.54. The molecule has 228 valence electrons. The van der Waals surface area contributed by atoms with Crippen LogP contribution in [0.25, 0.3) is 21.5 Å². The van der Waals surface area contributed by atoms with Crippen molar-refractivity contribution in [2.75, 3.05) is 0 Å². The van der Waals surface area contributed by atoms with Gasteiger partial charge in [-0.3, -0.25) is 0 Å². The van der Waals surface area contributed by atoms with Crippen LogP contribution >= 0.6 is 7.92 Å². The molecule has 0 aromatic heterocycles. The van der Waals surface area contributed by atoms with Crippen LogP contribution in [0.4, 0.5) is 0 Å². The molecule has 1 aliphatic rings. The Balaban J connectivity index is 1.34. The van der Waals surface area contributed by atoms with Crippen LogP contribution in [0.3, 0.4) is 0 Å². The zero-order chi connectivity index (χ0) is 31.8. The highest BCUT2D eigenvalue weighted by Crippen LogP contribution is 2.48. The third kappa shape index (κ3) is 5.24. The van der Waals surface area contributed by atoms with Crippen LogP contribution in [0.15, 0.2) is 175 Å². The van der Waals surface area contributed by atoms with E-state index in [-0.39, 0.29) is 12.0 Å². The molecular formula is C44H36NOP. The normalized spacial score (nSPS) is 15.7. The molecule has 3 heteroatoms. The smallest absolute Gasteiger partial charge is 0.218 e. The molecule has 0 radical (unpaired) electrons. The Bertz CT molecular complexity index is 2100. The largest absolute Gasteiger partial charge is 0.459 e. The second-order valence-electron chi connectivity index (χ2n) is 12.6. The van der Waals surface area contributed by atoms with E-state index in [2.05, 4.69) is 184 Å². The predicted molar refractivity (Wildman–Crippen MR) is 200 cm³/mol. The average molecular weight is 626 g/mol. The molecule has 1 aliphatic heterocycles. The molecule has 2 nitrogen and oxygen atoms in total. The van der Waals surface area contributed by atoms with Crippen molar-refractivity contribution >= 4 is 51.3 Å². The van der Waals surface area contributed by atoms with E-state index in [1.54, 1.807) is 0 Å². The Morgan fingerprint density at radius 2 is 1.00 bits per heavy atom. The van der Waals surface area contributed by atoms with Crippen molar-refractivity contribution in [3.05, 3.63) is 187 Å². The van der Waals surface area contributed by atoms with Gasteiger partial charge in [-0.05, 0) is 69.5 Å². The second kappa shape index (κ2) is 12.3. The number of ether oxygens (including phenoxy) is 1. The number of hydrogen-bond donors (Lipinski definition) is 0. The predicted octanol–water partition coefficient (Wildman–Crippen LogP) is 9.50. The molecule has 0 amide bonds. The van der Waals surface area contributed by atoms with E-state index >= 15 is 0 Å². The van der Waals surface area contributed by atoms with Crippen molar-refractivity contribution in [3.8, 4) is 0 Å². The lowest BCUT2D eigenvalue weighted by molar-refractivity contribution is 0.0819. The summed E-state index contributed by atoms with van der Waals surface area (Å²) in [6.45, 7) is 4.54. The standard InChI is InChI=1S/C44H36NOP/c1-31(2)42-44(36-27-25-32-15-9-11-17-34(32)29-36,37-28-26-33-16-10-12-18-35(33)30-37)46-43(45-42)40-23-13-14-24-41(40)47(38-19-5-3-6-20-38)39-21-7-4-8-22-39/h3-31,42H,1-2H3/t42-/m0/s1. The molecule has 0 spiro atoms. The van der Waals surface area contributed by atoms with Gasteiger partial charge < -0.3 is 4.74 Å². The number of rotatable bonds is 7. The van der Waals surface area contributed by atoms with Crippen molar-refractivity contribution < 1.29 is 4.74 Å². The van der Waals surface area contributed by atoms with Gasteiger partial charge in [0, 0.05) is 16.7 Å². The van der Waals surface area contributed by atoms with Crippen LogP contribution < -0.4 is 15.9 Å². The van der Waals surface area contributed by atoms with Gasteiger partial charge >= 0.3 is 0 Å². The summed E-state index contributed by atoms with van der Waals surface area (Å²) in [6.07, 6.45) is 0. The Morgan fingerprint density at radius 1 is 0.532 bits per heavy atom. The number of aliphatic imine (C=N–C) groups is 1. The first kappa shape index (κ1) is 29.4. The monoisotopic (exact) mass is 625 g/mol. The van der Waals surface area contributed by atoms with Gasteiger partial charge in [-0.25, -0.2) is 4.99 Å². The molecule has 0 saturated heterocycles. The minimum atomic E-state index is -0.860. The molecule has 0 fully saturated rings. The highest BCUT2D eigenvalue weighted by atomic mass is 31.1. The van der Waals surface area contributed by atoms with Crippen LogP contribution in [0.5, 0.6) is 0 Å². The minimum Gasteiger partial charge on any atom is -0.459 e. The molecular weight excluding hydrogens is 589 g/mol. The van der Waals surface area contributed by atoms with E-state index in [9.17, 15) is 0 Å². The number of fused-ring (bicyclic) bond motifs is 2. The zero-order valence-electron chi connectivity index (χ0n) is 26.6. The first-order valence-corrected chi connectivity index (χ1v) is 17.7. The SMILES string of the molecule is CC(C)[C@@H]1N=C(c2ccccc2P(c2ccccc2)c2ccccc2)OC1(c1ccc2ccccc2c1)c1ccc2ccccc2c1. The van der Waals surface area contributed by atoms with Gasteiger partial charge in [-0.1, -0.05) is 166 Å². The lowest BCUT2D eigenvalue weighted by atomic mass is 9.75. The van der Waals surface area contributed by atoms with Crippen molar-refractivity contribution in [2.45, 2.75) is 25.5 Å². The summed E-state index contributed by atoms with van der Waals surface area (Å²) in [7, 11) is -0.860. The third-order valence-corrected chi connectivity index (χ3v) is 11.8. The van der Waals surface area contributed by atoms with Gasteiger partial charge in [0.2, 0.25) is 5.90 Å². The molecule has 0 aliphatic carbocycles. The lowest BCUT2D eigenvalue weighted by Crippen LogP contribution is -2.42. The summed E-state index contributed by atoms with van der Waals surface area (Å²) < 4.78 is 7.50. The van der Waals surface area contributed by atoms with Gasteiger partial charge in [0.1, 0.15) is 6.04 Å². The molecule has 47 heavy (non-hydrogen) atoms. The fraction of sp³-hybridized carbons (Fsp3) is 0.114. The molecule has 0 unspecified atom stereocenters. The maximum absolute atomic E-state index is 7.50. The maximum atomic E-state index is 7.50. The Labute approximate surface area is 278 Å². The minimum absolute atomic E-state index is 0.146. The van der Waals surface area contributed by atoms with E-state index in [0.29, 0.717) is 5.90 Å². The van der Waals surface area contributed by atoms with Crippen LogP contribution in [0, 0.1) is 5.92 Å². The van der Waals surface area contributed by atoms with E-state index in [4.69, 9.17) is 9.73 Å². The Hall–Kier alpha value is -5.04. The summed E-state index contributed by atoms with van der Waals surface area (Å²) in [6, 6.07) is 61.0. The highest BCUT2D eigenvalue weighted by molar-refractivity contribution is 7.80. The quantitative estimate of drug-likeness (QED) is 0.162. The molecule has 1 atom stereocenters. The highest BCUT2D eigenvalue weighted by Gasteiger charge is 2.51. The maximum Gasteiger partial charge on any atom is 0.218 e. The van der Waals surface area contributed by atoms with Crippen molar-refractivity contribution in [1.29, 1.82) is 0 Å². The van der Waals surface area contributed by atoms with Crippen LogP contribution in [-0.2, 0) is 10.3 Å². The van der Waals surface area contributed by atoms with Gasteiger partial charge in [0.25, 0.3) is 0 Å². The molecule has 8 rings (SSSR count). The van der Waals surface area contributed by atoms with E-state index < -0.39 is 13.5 Å². The molecule has 0 N–H and O–H groups in total. The van der Waals surface area contributed by atoms with E-state index in [0.717, 1.165) is 16.7 Å². The van der Waals surface area contributed by atoms with Crippen molar-refractivity contribution in [1.82, 2.24) is 0 Å². The fourth-order valence-electron chi connectivity index (χ4n) is 7.10. The van der Waals surface area contributed by atoms with E-state index in [1.807, 2.05) is 0 Å². The average Bonchev–Trinajstić information content (AvgIpc) is 3.55. The van der Waals surface area contributed by atoms with Gasteiger partial charge in [-0.15, -0.1) is 0 Å². The number of hydrogen-bond acceptors (Lipinski definition) is 2. The lowest BCUT2D eigenvalue weighted by Gasteiger charge is -2.37. The molecule has 0 bridgehead atoms. The van der Waals surface area contributed by atoms with Crippen LogP contribution in [-0.4, -0.2) is 11.9 Å². The summed E-state index contributed by atoms with van der Waals surface area (Å²) in [5, 5.41) is 8.67. The molecule has 0 saturated carbocycles. The van der Waals surface area contributed by atoms with Crippen LogP contribution in [0.1, 0.15) is 30.5 Å². The van der Waals surface area contributed by atoms with Crippen molar-refractivity contribution in [3.63, 3.8) is 0 Å². The van der Waals surface area contributed by atoms with E-state index in [1.165, 1.54) is 37.5 Å². The topological polar surface area (TPSA) is 21.6 Å². The van der Waals surface area contributed by atoms with Gasteiger partial charge in [-0.2, -0.15) is 0 Å². The first-order valence-electron chi connectivity index (χ1n) is 16.4. The summed E-state index contributed by atoms with van der Waals surface area (Å²) in [5.41, 5.74) is 2.48. The zero-order valence-corrected chi connectivity index (χ0v) is 27.5. The Morgan fingerprint density at radius 3 is 1.53 bits per heavy atom. The summed E-state index contributed by atoms with van der Waals surface area (Å²) in [4.78, 5) is 5.56. The molecule has 7 aromatic rings. The summed E-state index contributed by atoms with van der Waals surface area (Å²) >= 11 is 0. The number of benzene rings is 7. The van der Waals surface area contributed by atoms with Gasteiger partial charge in [0.15, 0.2) is 5.60 Å². The summed E-state index contributed by atoms with van der Waals surface area (Å²) in [5.74, 6) is 0.919. The van der Waals surface area contributed by atoms with Crippen LogP contribution in [0.2, 0.25) is 0 Å². The molecule has 7 aromatic carbocycles. The van der Waals surface area contributed by atoms with Gasteiger partial charge in [0.05, 0.1) is 0 Å². The van der Waals surface area contributed by atoms with Crippen molar-refractivity contribution in [2.24, 2.45) is 10.9 Å². The number of nitrogens with zero attached hydrogens (tertiary/aromatic N) is 1.